The van der Waals surface area contributed by atoms with E-state index in [2.05, 4.69) is 77.9 Å². The van der Waals surface area contributed by atoms with Crippen LogP contribution in [0.2, 0.25) is 0 Å². The van der Waals surface area contributed by atoms with Gasteiger partial charge in [-0.2, -0.15) is 0 Å². The van der Waals surface area contributed by atoms with Crippen molar-refractivity contribution in [2.45, 2.75) is 144 Å². The standard InChI is InChI=1S/C36H56N2.Ni/c1-7-12-17-22-36(38-35-26-24-31(19-14-9-3)33(28-35)21-16-11-5)29(6)37-34-25-23-30(18-13-8-2)32(27-34)20-15-10-4;/h23-28H,7-22H2,1-6H3;/q;+1. The van der Waals surface area contributed by atoms with Gasteiger partial charge in [-0.25, -0.2) is 0 Å². The molecule has 2 aromatic rings. The molecule has 0 heterocycles. The van der Waals surface area contributed by atoms with Crippen molar-refractivity contribution < 1.29 is 19.3 Å². The number of benzene rings is 2. The van der Waals surface area contributed by atoms with Crippen LogP contribution in [-0.2, 0) is 41.4 Å². The van der Waals surface area contributed by atoms with Crippen LogP contribution in [-0.4, -0.2) is 15.1 Å². The molecule has 2 nitrogen and oxygen atoms in total. The van der Waals surface area contributed by atoms with E-state index in [0.717, 1.165) is 54.9 Å². The molecule has 0 aliphatic heterocycles. The van der Waals surface area contributed by atoms with E-state index in [0.29, 0.717) is 0 Å². The first-order valence-electron chi connectivity index (χ1n) is 16.1. The fourth-order valence-corrected chi connectivity index (χ4v) is 5.41. The van der Waals surface area contributed by atoms with Gasteiger partial charge < -0.3 is 0 Å². The monoisotopic (exact) mass is 574 g/mol. The molecule has 0 fully saturated rings. The van der Waals surface area contributed by atoms with E-state index < -0.39 is 0 Å². The molecule has 0 amide bonds. The molecule has 3 heteroatoms. The predicted octanol–water partition coefficient (Wildman–Crippen LogP) is 11.0. The van der Waals surface area contributed by atoms with Crippen molar-refractivity contribution in [3.8, 4) is 0 Å². The first-order chi connectivity index (χ1) is 19.0. The molecule has 0 aromatic heterocycles. The summed E-state index contributed by atoms with van der Waals surface area (Å²) in [6.45, 7) is 13.5. The number of aryl methyl sites for hydroxylation is 4. The van der Waals surface area contributed by atoms with Gasteiger partial charge in [0, 0.05) is 0 Å². The second kappa shape index (κ2) is 19.4. The van der Waals surface area contributed by atoms with E-state index >= 15 is 0 Å². The Morgan fingerprint density at radius 1 is 0.615 bits per heavy atom. The van der Waals surface area contributed by atoms with E-state index in [-0.39, 0.29) is 0 Å². The number of nitrogens with zero attached hydrogens (tertiary/aromatic N) is 2. The van der Waals surface area contributed by atoms with Crippen LogP contribution in [0.5, 0.6) is 0 Å². The number of hydrogen-bond donors (Lipinski definition) is 0. The molecule has 0 radical (unpaired) electrons. The predicted molar refractivity (Wildman–Crippen MR) is 169 cm³/mol. The molecule has 0 unspecified atom stereocenters. The number of hydrogen-bond acceptors (Lipinski definition) is 1. The van der Waals surface area contributed by atoms with E-state index in [9.17, 15) is 0 Å². The van der Waals surface area contributed by atoms with Crippen LogP contribution in [0.15, 0.2) is 41.4 Å². The van der Waals surface area contributed by atoms with Gasteiger partial charge in [-0.15, -0.1) is 0 Å². The third kappa shape index (κ3) is 11.3. The molecule has 0 saturated carbocycles. The van der Waals surface area contributed by atoms with Crippen molar-refractivity contribution in [1.29, 1.82) is 0 Å². The molecule has 0 saturated heterocycles. The van der Waals surface area contributed by atoms with Gasteiger partial charge >= 0.3 is 250 Å². The van der Waals surface area contributed by atoms with Crippen molar-refractivity contribution in [2.75, 3.05) is 0 Å². The van der Waals surface area contributed by atoms with Crippen LogP contribution in [0.25, 0.3) is 0 Å². The fourth-order valence-electron chi connectivity index (χ4n) is 5.14. The van der Waals surface area contributed by atoms with Crippen molar-refractivity contribution >= 4 is 22.8 Å². The summed E-state index contributed by atoms with van der Waals surface area (Å²) in [5.74, 6) is 0. The third-order valence-corrected chi connectivity index (χ3v) is 8.35. The zero-order chi connectivity index (χ0) is 28.5. The van der Waals surface area contributed by atoms with E-state index in [1.807, 2.05) is 3.66 Å². The minimum absolute atomic E-state index is 0.971. The van der Waals surface area contributed by atoms with Crippen LogP contribution in [0.3, 0.4) is 0 Å². The van der Waals surface area contributed by atoms with Crippen molar-refractivity contribution in [3.05, 3.63) is 58.7 Å². The summed E-state index contributed by atoms with van der Waals surface area (Å²) in [4.78, 5) is 5.28. The summed E-state index contributed by atoms with van der Waals surface area (Å²) in [6, 6.07) is 13.9. The normalized spacial score (nSPS) is 12.7. The Labute approximate surface area is 249 Å². The molecule has 2 aromatic carbocycles. The SMILES string of the molecule is CCCCCC(=Nc1ccc(CCCC)c(CCCC)c1)C(C)=[N+]([Ni])c1ccc(CCCC)c(CCCC)c1. The Balaban J connectivity index is 2.49. The number of unbranched alkanes of at least 4 members (excludes halogenated alkanes) is 6. The van der Waals surface area contributed by atoms with Gasteiger partial charge in [-0.1, -0.05) is 0 Å². The van der Waals surface area contributed by atoms with Crippen LogP contribution < -0.4 is 0 Å². The van der Waals surface area contributed by atoms with Crippen molar-refractivity contribution in [3.63, 3.8) is 0 Å². The molecular formula is C36H56N2Ni+. The Bertz CT molecular complexity index is 1050. The van der Waals surface area contributed by atoms with Crippen LogP contribution in [0.4, 0.5) is 11.4 Å². The Morgan fingerprint density at radius 3 is 1.64 bits per heavy atom. The zero-order valence-corrected chi connectivity index (χ0v) is 27.0. The maximum atomic E-state index is 5.68. The van der Waals surface area contributed by atoms with Crippen LogP contribution in [0, 0.1) is 0 Å². The van der Waals surface area contributed by atoms with Gasteiger partial charge in [0.15, 0.2) is 0 Å². The molecule has 0 aliphatic rings. The van der Waals surface area contributed by atoms with E-state index in [4.69, 9.17) is 20.7 Å². The summed E-state index contributed by atoms with van der Waals surface area (Å²) < 4.78 is 2.01. The molecule has 0 N–H and O–H groups in total. The average molecular weight is 576 g/mol. The van der Waals surface area contributed by atoms with Crippen LogP contribution in [0.1, 0.15) is 141 Å². The summed E-state index contributed by atoms with van der Waals surface area (Å²) in [7, 11) is 0. The second-order valence-corrected chi connectivity index (χ2v) is 11.6. The second-order valence-electron chi connectivity index (χ2n) is 11.2. The average Bonchev–Trinajstić information content (AvgIpc) is 2.96. The summed E-state index contributed by atoms with van der Waals surface area (Å²) in [6.07, 6.45) is 19.0. The zero-order valence-electron chi connectivity index (χ0n) is 26.0. The van der Waals surface area contributed by atoms with Gasteiger partial charge in [0.1, 0.15) is 0 Å². The van der Waals surface area contributed by atoms with Gasteiger partial charge in [-0.05, 0) is 0 Å². The quantitative estimate of drug-likeness (QED) is 0.0900. The van der Waals surface area contributed by atoms with Gasteiger partial charge in [0.2, 0.25) is 0 Å². The summed E-state index contributed by atoms with van der Waals surface area (Å²) in [5, 5.41) is 0. The Kier molecular flexibility index (Phi) is 16.6. The molecule has 219 valence electrons. The first-order valence-corrected chi connectivity index (χ1v) is 16.5. The van der Waals surface area contributed by atoms with Gasteiger partial charge in [0.05, 0.1) is 0 Å². The van der Waals surface area contributed by atoms with E-state index in [1.54, 1.807) is 0 Å². The third-order valence-electron chi connectivity index (χ3n) is 7.76. The molecule has 0 bridgehead atoms. The fraction of sp³-hybridized carbons (Fsp3) is 0.611. The molecule has 0 aliphatic carbocycles. The Hall–Kier alpha value is -1.73. The van der Waals surface area contributed by atoms with Gasteiger partial charge in [-0.3, -0.25) is 0 Å². The number of rotatable bonds is 19. The molecule has 0 atom stereocenters. The Morgan fingerprint density at radius 2 is 1.10 bits per heavy atom. The topological polar surface area (TPSA) is 15.4 Å². The number of aliphatic imine (C=N–C) groups is 1. The van der Waals surface area contributed by atoms with Gasteiger partial charge in [0.25, 0.3) is 0 Å². The molecule has 39 heavy (non-hydrogen) atoms. The van der Waals surface area contributed by atoms with E-state index in [1.165, 1.54) is 92.9 Å². The minimum atomic E-state index is 0.971. The molecular weight excluding hydrogens is 519 g/mol. The van der Waals surface area contributed by atoms with Crippen molar-refractivity contribution in [2.24, 2.45) is 4.99 Å². The molecule has 0 spiro atoms. The van der Waals surface area contributed by atoms with Crippen LogP contribution >= 0.6 is 0 Å². The van der Waals surface area contributed by atoms with Crippen molar-refractivity contribution in [1.82, 2.24) is 0 Å². The maximum absolute atomic E-state index is 5.68. The summed E-state index contributed by atoms with van der Waals surface area (Å²) in [5.41, 5.74) is 10.4. The first kappa shape index (κ1) is 33.5. The summed E-state index contributed by atoms with van der Waals surface area (Å²) >= 11 is 5.68. The molecule has 2 rings (SSSR count).